The Bertz CT molecular complexity index is 126. The van der Waals surface area contributed by atoms with Crippen LogP contribution in [0.3, 0.4) is 0 Å². The quantitative estimate of drug-likeness (QED) is 0.466. The molecule has 0 aromatic rings. The first-order valence-corrected chi connectivity index (χ1v) is 2.30. The minimum atomic E-state index is -2.66. The molecule has 0 aromatic heterocycles. The van der Waals surface area contributed by atoms with Gasteiger partial charge in [0.2, 0.25) is 0 Å². The molecule has 0 bridgehead atoms. The zero-order valence-corrected chi connectivity index (χ0v) is 4.13. The molecule has 0 atom stereocenters. The molecule has 1 aliphatic rings. The molecule has 0 radical (unpaired) electrons. The molecular formula is C5H5F3. The zero-order valence-electron chi connectivity index (χ0n) is 4.13. The summed E-state index contributed by atoms with van der Waals surface area (Å²) < 4.78 is 34.7. The summed E-state index contributed by atoms with van der Waals surface area (Å²) in [7, 11) is 0. The van der Waals surface area contributed by atoms with Gasteiger partial charge in [-0.15, -0.1) is 0 Å². The van der Waals surface area contributed by atoms with Crippen molar-refractivity contribution in [3.05, 3.63) is 11.6 Å². The van der Waals surface area contributed by atoms with Crippen molar-refractivity contribution in [1.29, 1.82) is 0 Å². The maximum absolute atomic E-state index is 11.7. The van der Waals surface area contributed by atoms with Crippen LogP contribution in [0.2, 0.25) is 0 Å². The molecule has 46 valence electrons. The van der Waals surface area contributed by atoms with Gasteiger partial charge in [-0.2, -0.15) is 0 Å². The lowest BCUT2D eigenvalue weighted by Gasteiger charge is -1.80. The van der Waals surface area contributed by atoms with E-state index in [1.165, 1.54) is 0 Å². The van der Waals surface area contributed by atoms with Crippen LogP contribution < -0.4 is 0 Å². The molecule has 1 fully saturated rings. The highest BCUT2D eigenvalue weighted by Crippen LogP contribution is 2.47. The lowest BCUT2D eigenvalue weighted by atomic mass is 10.5. The van der Waals surface area contributed by atoms with Crippen LogP contribution in [-0.2, 0) is 0 Å². The van der Waals surface area contributed by atoms with Crippen LogP contribution in [0.1, 0.15) is 6.42 Å². The Hall–Kier alpha value is -0.470. The van der Waals surface area contributed by atoms with Crippen molar-refractivity contribution < 1.29 is 13.2 Å². The Kier molecular flexibility index (Phi) is 1.06. The molecule has 0 saturated heterocycles. The lowest BCUT2D eigenvalue weighted by Crippen LogP contribution is -1.83. The average molecular weight is 122 g/mol. The Morgan fingerprint density at radius 1 is 1.62 bits per heavy atom. The second-order valence-electron chi connectivity index (χ2n) is 1.76. The van der Waals surface area contributed by atoms with E-state index in [1.807, 2.05) is 0 Å². The number of hydrogen-bond donors (Lipinski definition) is 0. The molecule has 0 N–H and O–H groups in total. The van der Waals surface area contributed by atoms with E-state index in [1.54, 1.807) is 0 Å². The van der Waals surface area contributed by atoms with Crippen molar-refractivity contribution in [1.82, 2.24) is 0 Å². The fourth-order valence-electron chi connectivity index (χ4n) is 0.510. The topological polar surface area (TPSA) is 0 Å². The maximum Gasteiger partial charge on any atom is 0.273 e. The van der Waals surface area contributed by atoms with Gasteiger partial charge in [-0.1, -0.05) is 0 Å². The van der Waals surface area contributed by atoms with E-state index in [4.69, 9.17) is 0 Å². The molecule has 0 nitrogen and oxygen atoms in total. The summed E-state index contributed by atoms with van der Waals surface area (Å²) in [6, 6.07) is 0. The Morgan fingerprint density at radius 3 is 2.25 bits per heavy atom. The lowest BCUT2D eigenvalue weighted by molar-refractivity contribution is 0.136. The van der Waals surface area contributed by atoms with E-state index in [-0.39, 0.29) is 12.0 Å². The van der Waals surface area contributed by atoms with Crippen molar-refractivity contribution in [2.75, 3.05) is 6.67 Å². The van der Waals surface area contributed by atoms with Crippen LogP contribution in [0.15, 0.2) is 11.6 Å². The minimum Gasteiger partial charge on any atom is -0.247 e. The number of hydrogen-bond acceptors (Lipinski definition) is 0. The smallest absolute Gasteiger partial charge is 0.247 e. The van der Waals surface area contributed by atoms with E-state index in [9.17, 15) is 13.2 Å². The highest BCUT2D eigenvalue weighted by Gasteiger charge is 2.50. The molecule has 0 heterocycles. The van der Waals surface area contributed by atoms with Crippen LogP contribution in [0.5, 0.6) is 0 Å². The Labute approximate surface area is 45.0 Å². The molecule has 0 amide bonds. The molecule has 0 spiro atoms. The summed E-state index contributed by atoms with van der Waals surface area (Å²) in [5.74, 6) is -2.66. The summed E-state index contributed by atoms with van der Waals surface area (Å²) in [5, 5.41) is 0. The molecule has 1 aliphatic carbocycles. The number of halogens is 3. The second-order valence-corrected chi connectivity index (χ2v) is 1.76. The second kappa shape index (κ2) is 1.50. The molecule has 0 aromatic carbocycles. The molecule has 0 unspecified atom stereocenters. The van der Waals surface area contributed by atoms with Gasteiger partial charge in [0.15, 0.2) is 0 Å². The average Bonchev–Trinajstić information content (AvgIpc) is 2.15. The van der Waals surface area contributed by atoms with E-state index < -0.39 is 12.6 Å². The highest BCUT2D eigenvalue weighted by molar-refractivity contribution is 5.30. The van der Waals surface area contributed by atoms with Crippen LogP contribution in [0.25, 0.3) is 0 Å². The van der Waals surface area contributed by atoms with E-state index in [2.05, 4.69) is 0 Å². The van der Waals surface area contributed by atoms with Crippen LogP contribution >= 0.6 is 0 Å². The van der Waals surface area contributed by atoms with E-state index in [0.717, 1.165) is 6.08 Å². The normalized spacial score (nSPS) is 28.6. The number of allylic oxidation sites excluding steroid dienone is 2. The van der Waals surface area contributed by atoms with Crippen LogP contribution in [0, 0.1) is 0 Å². The molecule has 1 saturated carbocycles. The standard InChI is InChI=1S/C5H5F3/c6-2-1-4-3-5(4,7)8/h1H,2-3H2. The van der Waals surface area contributed by atoms with Crippen LogP contribution in [0.4, 0.5) is 13.2 Å². The molecule has 8 heavy (non-hydrogen) atoms. The predicted molar refractivity (Wildman–Crippen MR) is 23.6 cm³/mol. The monoisotopic (exact) mass is 122 g/mol. The van der Waals surface area contributed by atoms with Gasteiger partial charge in [-0.25, -0.2) is 13.2 Å². The molecule has 0 aliphatic heterocycles. The van der Waals surface area contributed by atoms with E-state index in [0.29, 0.717) is 0 Å². The van der Waals surface area contributed by atoms with Crippen molar-refractivity contribution in [3.63, 3.8) is 0 Å². The SMILES string of the molecule is FCC=C1CC1(F)F. The van der Waals surface area contributed by atoms with Gasteiger partial charge < -0.3 is 0 Å². The van der Waals surface area contributed by atoms with Crippen molar-refractivity contribution in [2.24, 2.45) is 0 Å². The van der Waals surface area contributed by atoms with Crippen LogP contribution in [-0.4, -0.2) is 12.6 Å². The summed E-state index contributed by atoms with van der Waals surface area (Å²) >= 11 is 0. The first-order valence-electron chi connectivity index (χ1n) is 2.30. The predicted octanol–water partition coefficient (Wildman–Crippen LogP) is 1.92. The third-order valence-corrected chi connectivity index (χ3v) is 1.08. The van der Waals surface area contributed by atoms with Gasteiger partial charge in [-0.3, -0.25) is 0 Å². The summed E-state index contributed by atoms with van der Waals surface area (Å²) in [5.41, 5.74) is -0.0556. The molecule has 3 heteroatoms. The maximum atomic E-state index is 11.7. The number of rotatable bonds is 1. The molecule has 1 rings (SSSR count). The Morgan fingerprint density at radius 2 is 2.12 bits per heavy atom. The first kappa shape index (κ1) is 5.66. The number of alkyl halides is 3. The zero-order chi connectivity index (χ0) is 6.20. The summed E-state index contributed by atoms with van der Waals surface area (Å²) in [4.78, 5) is 0. The van der Waals surface area contributed by atoms with Gasteiger partial charge in [0.05, 0.1) is 0 Å². The third-order valence-electron chi connectivity index (χ3n) is 1.08. The van der Waals surface area contributed by atoms with Gasteiger partial charge in [0, 0.05) is 12.0 Å². The largest absolute Gasteiger partial charge is 0.273 e. The summed E-state index contributed by atoms with van der Waals surface area (Å²) in [6.07, 6.45) is 0.691. The first-order chi connectivity index (χ1) is 3.67. The third kappa shape index (κ3) is 0.854. The van der Waals surface area contributed by atoms with Crippen molar-refractivity contribution in [2.45, 2.75) is 12.3 Å². The fraction of sp³-hybridized carbons (Fsp3) is 0.600. The van der Waals surface area contributed by atoms with Gasteiger partial charge >= 0.3 is 0 Å². The van der Waals surface area contributed by atoms with Gasteiger partial charge in [0.1, 0.15) is 6.67 Å². The van der Waals surface area contributed by atoms with Gasteiger partial charge in [-0.05, 0) is 6.08 Å². The van der Waals surface area contributed by atoms with Crippen molar-refractivity contribution in [3.8, 4) is 0 Å². The molecular weight excluding hydrogens is 117 g/mol. The fourth-order valence-corrected chi connectivity index (χ4v) is 0.510. The minimum absolute atomic E-state index is 0.0556. The van der Waals surface area contributed by atoms with E-state index >= 15 is 0 Å². The van der Waals surface area contributed by atoms with Gasteiger partial charge in [0.25, 0.3) is 5.92 Å². The van der Waals surface area contributed by atoms with Crippen molar-refractivity contribution >= 4 is 0 Å². The Balaban J connectivity index is 2.47. The highest BCUT2D eigenvalue weighted by atomic mass is 19.3. The summed E-state index contributed by atoms with van der Waals surface area (Å²) in [6.45, 7) is -0.773.